The minimum atomic E-state index is -3.73. The van der Waals surface area contributed by atoms with Gasteiger partial charge in [-0.2, -0.15) is 0 Å². The number of amides is 1. The molecule has 39 heavy (non-hydrogen) atoms. The van der Waals surface area contributed by atoms with Gasteiger partial charge in [0.05, 0.1) is 17.7 Å². The molecule has 2 aliphatic rings. The van der Waals surface area contributed by atoms with Crippen LogP contribution in [0.1, 0.15) is 21.8 Å². The summed E-state index contributed by atoms with van der Waals surface area (Å²) < 4.78 is 35.4. The fraction of sp³-hybridized carbons (Fsp3) is 0.417. The summed E-state index contributed by atoms with van der Waals surface area (Å²) in [4.78, 5) is 30.9. The molecular formula is C24H27ClF2N8O3S. The number of nitrogens with zero attached hydrogens (tertiary/aromatic N) is 5. The summed E-state index contributed by atoms with van der Waals surface area (Å²) in [6.45, 7) is 6.30. The summed E-state index contributed by atoms with van der Waals surface area (Å²) in [5.74, 6) is 0.0490. The van der Waals surface area contributed by atoms with Crippen LogP contribution >= 0.6 is 22.9 Å². The topological polar surface area (TPSA) is 117 Å². The normalized spacial score (nSPS) is 16.7. The van der Waals surface area contributed by atoms with Crippen LogP contribution < -0.4 is 25.4 Å². The number of carbonyl (C=O) groups excluding carboxylic acids is 1. The standard InChI is InChI=1S/C24H27ClF2N8O3S/c1-34-7-9-35(10-8-34)6-2-5-28-23-32-16(12-19(25)33-23)13-29-21-20(39-14-30-21)22(36)31-15-3-4-17-18(11-15)38-24(26,27)37-17/h3-4,11-12,14,29H,2,5-10,13H2,1H3,(H,31,36)(H,28,32,33). The molecule has 3 aromatic rings. The molecular weight excluding hydrogens is 554 g/mol. The number of benzene rings is 1. The molecule has 208 valence electrons. The lowest BCUT2D eigenvalue weighted by Gasteiger charge is -2.32. The highest BCUT2D eigenvalue weighted by Gasteiger charge is 2.43. The fourth-order valence-electron chi connectivity index (χ4n) is 4.13. The Balaban J connectivity index is 1.13. The molecule has 1 aromatic carbocycles. The number of hydrogen-bond acceptors (Lipinski definition) is 11. The third-order valence-electron chi connectivity index (χ3n) is 6.15. The second-order valence-corrected chi connectivity index (χ2v) is 10.3. The number of halogens is 3. The number of likely N-dealkylation sites (N-methyl/N-ethyl adjacent to an activating group) is 1. The van der Waals surface area contributed by atoms with E-state index in [9.17, 15) is 13.6 Å². The van der Waals surface area contributed by atoms with E-state index in [1.165, 1.54) is 23.7 Å². The zero-order valence-electron chi connectivity index (χ0n) is 21.0. The molecule has 0 aliphatic carbocycles. The van der Waals surface area contributed by atoms with Crippen LogP contribution in [0.4, 0.5) is 26.2 Å². The van der Waals surface area contributed by atoms with Crippen LogP contribution in [0.3, 0.4) is 0 Å². The molecule has 2 aromatic heterocycles. The van der Waals surface area contributed by atoms with Crippen LogP contribution in [-0.4, -0.2) is 83.3 Å². The number of piperazine rings is 1. The number of aromatic nitrogens is 3. The van der Waals surface area contributed by atoms with E-state index in [2.05, 4.69) is 57.2 Å². The van der Waals surface area contributed by atoms with E-state index < -0.39 is 12.2 Å². The van der Waals surface area contributed by atoms with Gasteiger partial charge in [-0.05, 0) is 38.2 Å². The molecule has 11 nitrogen and oxygen atoms in total. The van der Waals surface area contributed by atoms with Crippen LogP contribution in [0.5, 0.6) is 11.5 Å². The number of thiazole rings is 1. The average Bonchev–Trinajstić information content (AvgIpc) is 3.48. The lowest BCUT2D eigenvalue weighted by molar-refractivity contribution is -0.286. The second kappa shape index (κ2) is 11.8. The van der Waals surface area contributed by atoms with Gasteiger partial charge in [-0.3, -0.25) is 4.79 Å². The SMILES string of the molecule is CN1CCN(CCCNc2nc(Cl)cc(CNc3ncsc3C(=O)Nc3ccc4c(c3)OC(F)(F)O4)n2)CC1. The van der Waals surface area contributed by atoms with Crippen LogP contribution in [-0.2, 0) is 6.54 Å². The van der Waals surface area contributed by atoms with Crippen LogP contribution in [0.25, 0.3) is 0 Å². The van der Waals surface area contributed by atoms with Crippen LogP contribution in [0, 0.1) is 0 Å². The highest BCUT2D eigenvalue weighted by atomic mass is 35.5. The van der Waals surface area contributed by atoms with Crippen LogP contribution in [0.2, 0.25) is 5.15 Å². The molecule has 4 heterocycles. The van der Waals surface area contributed by atoms with Gasteiger partial charge in [0.1, 0.15) is 15.8 Å². The lowest BCUT2D eigenvalue weighted by Crippen LogP contribution is -2.44. The highest BCUT2D eigenvalue weighted by molar-refractivity contribution is 7.12. The van der Waals surface area contributed by atoms with E-state index in [0.717, 1.165) is 50.5 Å². The minimum absolute atomic E-state index is 0.106. The van der Waals surface area contributed by atoms with Crippen molar-refractivity contribution in [1.29, 1.82) is 0 Å². The average molecular weight is 581 g/mol. The second-order valence-electron chi connectivity index (χ2n) is 9.10. The number of fused-ring (bicyclic) bond motifs is 1. The predicted octanol–water partition coefficient (Wildman–Crippen LogP) is 3.82. The summed E-state index contributed by atoms with van der Waals surface area (Å²) in [5.41, 5.74) is 2.41. The Morgan fingerprint density at radius 1 is 1.13 bits per heavy atom. The van der Waals surface area contributed by atoms with Crippen molar-refractivity contribution in [2.75, 3.05) is 62.3 Å². The van der Waals surface area contributed by atoms with Gasteiger partial charge >= 0.3 is 6.29 Å². The number of rotatable bonds is 10. The largest absolute Gasteiger partial charge is 0.586 e. The summed E-state index contributed by atoms with van der Waals surface area (Å²) in [6.07, 6.45) is -2.78. The Bertz CT molecular complexity index is 1320. The first-order valence-corrected chi connectivity index (χ1v) is 13.6. The van der Waals surface area contributed by atoms with Crippen molar-refractivity contribution in [3.63, 3.8) is 0 Å². The molecule has 0 saturated carbocycles. The zero-order valence-corrected chi connectivity index (χ0v) is 22.6. The number of hydrogen-bond donors (Lipinski definition) is 3. The molecule has 15 heteroatoms. The molecule has 3 N–H and O–H groups in total. The van der Waals surface area contributed by atoms with Crippen molar-refractivity contribution in [2.45, 2.75) is 19.3 Å². The first-order valence-electron chi connectivity index (χ1n) is 12.3. The van der Waals surface area contributed by atoms with Gasteiger partial charge in [0.25, 0.3) is 5.91 Å². The predicted molar refractivity (Wildman–Crippen MR) is 144 cm³/mol. The lowest BCUT2D eigenvalue weighted by atomic mass is 10.2. The molecule has 0 atom stereocenters. The molecule has 1 amide bonds. The maximum absolute atomic E-state index is 13.3. The molecule has 1 saturated heterocycles. The van der Waals surface area contributed by atoms with E-state index >= 15 is 0 Å². The Morgan fingerprint density at radius 3 is 2.74 bits per heavy atom. The molecule has 0 radical (unpaired) electrons. The molecule has 0 spiro atoms. The highest BCUT2D eigenvalue weighted by Crippen LogP contribution is 2.42. The van der Waals surface area contributed by atoms with Crippen LogP contribution in [0.15, 0.2) is 29.8 Å². The number of anilines is 3. The summed E-state index contributed by atoms with van der Waals surface area (Å²) in [5, 5.41) is 9.30. The van der Waals surface area contributed by atoms with Gasteiger partial charge in [0.2, 0.25) is 5.95 Å². The monoisotopic (exact) mass is 580 g/mol. The Labute approximate surface area is 232 Å². The van der Waals surface area contributed by atoms with E-state index in [1.807, 2.05) is 0 Å². The zero-order chi connectivity index (χ0) is 27.4. The summed E-state index contributed by atoms with van der Waals surface area (Å²) >= 11 is 7.34. The maximum Gasteiger partial charge on any atom is 0.586 e. The van der Waals surface area contributed by atoms with Crippen molar-refractivity contribution in [3.05, 3.63) is 45.5 Å². The molecule has 0 bridgehead atoms. The Morgan fingerprint density at radius 2 is 1.92 bits per heavy atom. The Hall–Kier alpha value is -3.33. The smallest absolute Gasteiger partial charge is 0.395 e. The van der Waals surface area contributed by atoms with E-state index in [1.54, 1.807) is 6.07 Å². The maximum atomic E-state index is 13.3. The van der Waals surface area contributed by atoms with Crippen molar-refractivity contribution < 1.29 is 23.0 Å². The fourth-order valence-corrected chi connectivity index (χ4v) is 4.99. The van der Waals surface area contributed by atoms with Gasteiger partial charge in [0, 0.05) is 44.5 Å². The molecule has 5 rings (SSSR count). The van der Waals surface area contributed by atoms with E-state index in [0.29, 0.717) is 34.0 Å². The molecule has 2 aliphatic heterocycles. The van der Waals surface area contributed by atoms with Crippen molar-refractivity contribution >= 4 is 46.3 Å². The van der Waals surface area contributed by atoms with Gasteiger partial charge < -0.3 is 35.2 Å². The molecule has 1 fully saturated rings. The molecule has 0 unspecified atom stereocenters. The van der Waals surface area contributed by atoms with Gasteiger partial charge in [-0.15, -0.1) is 20.1 Å². The first-order chi connectivity index (χ1) is 18.7. The first kappa shape index (κ1) is 27.2. The number of alkyl halides is 2. The summed E-state index contributed by atoms with van der Waals surface area (Å²) in [6, 6.07) is 5.65. The quantitative estimate of drug-likeness (QED) is 0.241. The third-order valence-corrected chi connectivity index (χ3v) is 7.17. The van der Waals surface area contributed by atoms with Gasteiger partial charge in [-0.1, -0.05) is 11.6 Å². The van der Waals surface area contributed by atoms with Gasteiger partial charge in [-0.25, -0.2) is 15.0 Å². The Kier molecular flexibility index (Phi) is 8.26. The minimum Gasteiger partial charge on any atom is -0.395 e. The number of ether oxygens (including phenoxy) is 2. The number of carbonyl (C=O) groups is 1. The van der Waals surface area contributed by atoms with E-state index in [-0.39, 0.29) is 23.7 Å². The number of nitrogens with one attached hydrogen (secondary N) is 3. The third kappa shape index (κ3) is 7.20. The van der Waals surface area contributed by atoms with Crippen molar-refractivity contribution in [1.82, 2.24) is 24.8 Å². The van der Waals surface area contributed by atoms with Crippen molar-refractivity contribution in [2.24, 2.45) is 0 Å². The van der Waals surface area contributed by atoms with Crippen molar-refractivity contribution in [3.8, 4) is 11.5 Å². The van der Waals surface area contributed by atoms with Gasteiger partial charge in [0.15, 0.2) is 11.5 Å². The summed E-state index contributed by atoms with van der Waals surface area (Å²) in [7, 11) is 2.14. The van der Waals surface area contributed by atoms with E-state index in [4.69, 9.17) is 11.6 Å².